The highest BCUT2D eigenvalue weighted by molar-refractivity contribution is 8.00. The van der Waals surface area contributed by atoms with Crippen LogP contribution in [0.15, 0.2) is 106 Å². The fraction of sp³-hybridized carbons (Fsp3) is 0.0909. The van der Waals surface area contributed by atoms with Crippen molar-refractivity contribution in [1.29, 1.82) is 0 Å². The molecule has 3 N–H and O–H groups in total. The zero-order valence-corrected chi connectivity index (χ0v) is 26.7. The van der Waals surface area contributed by atoms with Crippen LogP contribution in [0.25, 0.3) is 17.3 Å². The third-order valence-corrected chi connectivity index (χ3v) is 8.86. The quantitative estimate of drug-likeness (QED) is 0.0975. The Kier molecular flexibility index (Phi) is 10.6. The highest BCUT2D eigenvalue weighted by Gasteiger charge is 2.16. The number of thioether (sulfide) groups is 1. The Bertz CT molecular complexity index is 1800. The van der Waals surface area contributed by atoms with Gasteiger partial charge in [-0.15, -0.1) is 34.4 Å². The maximum Gasteiger partial charge on any atom is 0.272 e. The summed E-state index contributed by atoms with van der Waals surface area (Å²) in [5.41, 5.74) is 2.68. The standard InChI is InChI=1S/C33H28N4O5S3/c1-41-28-15-10-22(17-29(28)42-2)27-19-45-33(36-27)37-30(38)20-44-24-13-11-23(12-14-24)34-32(40)26(18-25-9-6-16-43-25)35-31(39)21-7-4-3-5-8-21/h3-19H,20H2,1-2H3,(H,34,40)(H,35,39)(H,36,37,38)/b26-18-. The number of nitrogens with zero attached hydrogens (tertiary/aromatic N) is 1. The van der Waals surface area contributed by atoms with Gasteiger partial charge < -0.3 is 25.4 Å². The molecule has 0 aliphatic carbocycles. The van der Waals surface area contributed by atoms with Crippen LogP contribution in [0.3, 0.4) is 0 Å². The summed E-state index contributed by atoms with van der Waals surface area (Å²) in [6.07, 6.45) is 1.64. The molecule has 2 heterocycles. The monoisotopic (exact) mass is 656 g/mol. The molecule has 5 rings (SSSR count). The second-order valence-electron chi connectivity index (χ2n) is 9.32. The number of nitrogens with one attached hydrogen (secondary N) is 3. The summed E-state index contributed by atoms with van der Waals surface area (Å²) in [5, 5.41) is 12.7. The number of carbonyl (C=O) groups is 3. The summed E-state index contributed by atoms with van der Waals surface area (Å²) in [6, 6.07) is 25.1. The number of aromatic nitrogens is 1. The van der Waals surface area contributed by atoms with Crippen LogP contribution in [-0.4, -0.2) is 42.7 Å². The minimum atomic E-state index is -0.455. The van der Waals surface area contributed by atoms with Gasteiger partial charge in [-0.1, -0.05) is 24.3 Å². The van der Waals surface area contributed by atoms with Crippen LogP contribution in [0.4, 0.5) is 10.8 Å². The Morgan fingerprint density at radius 2 is 1.64 bits per heavy atom. The van der Waals surface area contributed by atoms with Gasteiger partial charge in [0.1, 0.15) is 5.70 Å². The van der Waals surface area contributed by atoms with E-state index in [0.717, 1.165) is 21.0 Å². The van der Waals surface area contributed by atoms with E-state index in [0.29, 0.717) is 27.9 Å². The number of carbonyl (C=O) groups excluding carboxylic acids is 3. The lowest BCUT2D eigenvalue weighted by Crippen LogP contribution is -2.30. The van der Waals surface area contributed by atoms with Crippen molar-refractivity contribution in [3.8, 4) is 22.8 Å². The largest absolute Gasteiger partial charge is 0.493 e. The van der Waals surface area contributed by atoms with Crippen LogP contribution >= 0.6 is 34.4 Å². The van der Waals surface area contributed by atoms with Gasteiger partial charge in [-0.05, 0) is 72.1 Å². The van der Waals surface area contributed by atoms with Crippen LogP contribution < -0.4 is 25.4 Å². The highest BCUT2D eigenvalue weighted by atomic mass is 32.2. The summed E-state index contributed by atoms with van der Waals surface area (Å²) < 4.78 is 10.7. The maximum atomic E-state index is 13.2. The number of hydrogen-bond acceptors (Lipinski definition) is 9. The average Bonchev–Trinajstić information content (AvgIpc) is 3.76. The molecule has 0 saturated carbocycles. The van der Waals surface area contributed by atoms with E-state index in [2.05, 4.69) is 20.9 Å². The molecule has 0 bridgehead atoms. The average molecular weight is 657 g/mol. The Hall–Kier alpha value is -4.91. The SMILES string of the molecule is COc1ccc(-c2csc(NC(=O)CSc3ccc(NC(=O)/C(=C/c4cccs4)NC(=O)c4ccccc4)cc3)n2)cc1OC. The molecule has 0 spiro atoms. The second-order valence-corrected chi connectivity index (χ2v) is 12.2. The minimum Gasteiger partial charge on any atom is -0.493 e. The molecule has 228 valence electrons. The molecule has 0 atom stereocenters. The predicted molar refractivity (Wildman–Crippen MR) is 181 cm³/mol. The number of anilines is 2. The summed E-state index contributed by atoms with van der Waals surface area (Å²) in [5.74, 6) is 0.372. The third kappa shape index (κ3) is 8.60. The van der Waals surface area contributed by atoms with Crippen molar-refractivity contribution in [2.45, 2.75) is 4.90 Å². The Labute approximate surface area is 272 Å². The van der Waals surface area contributed by atoms with Gasteiger partial charge in [-0.2, -0.15) is 0 Å². The van der Waals surface area contributed by atoms with Gasteiger partial charge in [0, 0.05) is 32.0 Å². The molecule has 9 nitrogen and oxygen atoms in total. The van der Waals surface area contributed by atoms with Gasteiger partial charge in [-0.3, -0.25) is 14.4 Å². The van der Waals surface area contributed by atoms with Gasteiger partial charge in [-0.25, -0.2) is 4.98 Å². The number of methoxy groups -OCH3 is 2. The molecule has 45 heavy (non-hydrogen) atoms. The van der Waals surface area contributed by atoms with E-state index in [1.807, 2.05) is 59.3 Å². The van der Waals surface area contributed by atoms with Crippen molar-refractivity contribution in [2.24, 2.45) is 0 Å². The van der Waals surface area contributed by atoms with Crippen LogP contribution in [0.2, 0.25) is 0 Å². The van der Waals surface area contributed by atoms with Gasteiger partial charge in [0.05, 0.1) is 25.7 Å². The zero-order chi connectivity index (χ0) is 31.6. The number of thiophene rings is 1. The first kappa shape index (κ1) is 31.5. The maximum absolute atomic E-state index is 13.2. The lowest BCUT2D eigenvalue weighted by Gasteiger charge is -2.11. The van der Waals surface area contributed by atoms with Crippen molar-refractivity contribution < 1.29 is 23.9 Å². The molecular weight excluding hydrogens is 629 g/mol. The molecule has 0 saturated heterocycles. The van der Waals surface area contributed by atoms with Gasteiger partial charge in [0.2, 0.25) is 5.91 Å². The molecule has 3 amide bonds. The highest BCUT2D eigenvalue weighted by Crippen LogP contribution is 2.33. The van der Waals surface area contributed by atoms with Crippen molar-refractivity contribution in [3.05, 3.63) is 112 Å². The molecule has 3 aromatic carbocycles. The number of rotatable bonds is 12. The molecule has 0 radical (unpaired) electrons. The summed E-state index contributed by atoms with van der Waals surface area (Å²) in [6.45, 7) is 0. The van der Waals surface area contributed by atoms with Crippen molar-refractivity contribution in [3.63, 3.8) is 0 Å². The van der Waals surface area contributed by atoms with E-state index in [1.54, 1.807) is 56.7 Å². The van der Waals surface area contributed by atoms with Crippen LogP contribution in [-0.2, 0) is 9.59 Å². The molecule has 0 aliphatic rings. The number of amides is 3. The van der Waals surface area contributed by atoms with Crippen molar-refractivity contribution in [1.82, 2.24) is 10.3 Å². The predicted octanol–water partition coefficient (Wildman–Crippen LogP) is 7.03. The minimum absolute atomic E-state index is 0.123. The van der Waals surface area contributed by atoms with Crippen LogP contribution in [0.5, 0.6) is 11.5 Å². The Morgan fingerprint density at radius 3 is 2.36 bits per heavy atom. The van der Waals surface area contributed by atoms with Crippen molar-refractivity contribution >= 4 is 69.1 Å². The van der Waals surface area contributed by atoms with Crippen molar-refractivity contribution in [2.75, 3.05) is 30.6 Å². The third-order valence-electron chi connectivity index (χ3n) is 6.27. The smallest absolute Gasteiger partial charge is 0.272 e. The van der Waals surface area contributed by atoms with E-state index in [-0.39, 0.29) is 23.3 Å². The fourth-order valence-electron chi connectivity index (χ4n) is 4.05. The number of benzene rings is 3. The lowest BCUT2D eigenvalue weighted by molar-refractivity contribution is -0.114. The van der Waals surface area contributed by atoms with Crippen LogP contribution in [0.1, 0.15) is 15.2 Å². The molecule has 5 aromatic rings. The second kappa shape index (κ2) is 15.2. The molecule has 0 aliphatic heterocycles. The van der Waals surface area contributed by atoms with E-state index in [9.17, 15) is 14.4 Å². The molecule has 0 unspecified atom stereocenters. The van der Waals surface area contributed by atoms with E-state index < -0.39 is 5.91 Å². The molecule has 12 heteroatoms. The Morgan fingerprint density at radius 1 is 0.867 bits per heavy atom. The molecule has 2 aromatic heterocycles. The van der Waals surface area contributed by atoms with Gasteiger partial charge in [0.15, 0.2) is 16.6 Å². The molecule has 0 fully saturated rings. The van der Waals surface area contributed by atoms with Gasteiger partial charge >= 0.3 is 0 Å². The number of hydrogen-bond donors (Lipinski definition) is 3. The fourth-order valence-corrected chi connectivity index (χ4v) is 6.15. The summed E-state index contributed by atoms with van der Waals surface area (Å²) in [4.78, 5) is 44.8. The number of thiazole rings is 1. The normalized spacial score (nSPS) is 11.0. The first-order valence-corrected chi connectivity index (χ1v) is 16.3. The summed E-state index contributed by atoms with van der Waals surface area (Å²) >= 11 is 4.15. The van der Waals surface area contributed by atoms with Gasteiger partial charge in [0.25, 0.3) is 11.8 Å². The van der Waals surface area contributed by atoms with E-state index in [4.69, 9.17) is 9.47 Å². The first-order chi connectivity index (χ1) is 21.9. The molecular formula is C33H28N4O5S3. The lowest BCUT2D eigenvalue weighted by atomic mass is 10.1. The first-order valence-electron chi connectivity index (χ1n) is 13.6. The zero-order valence-electron chi connectivity index (χ0n) is 24.2. The summed E-state index contributed by atoms with van der Waals surface area (Å²) in [7, 11) is 3.15. The Balaban J connectivity index is 1.15. The van der Waals surface area contributed by atoms with E-state index in [1.165, 1.54) is 34.4 Å². The van der Waals surface area contributed by atoms with E-state index >= 15 is 0 Å². The number of ether oxygens (including phenoxy) is 2. The van der Waals surface area contributed by atoms with Crippen LogP contribution in [0, 0.1) is 0 Å². The topological polar surface area (TPSA) is 119 Å².